The van der Waals surface area contributed by atoms with Gasteiger partial charge in [0.15, 0.2) is 5.96 Å². The van der Waals surface area contributed by atoms with E-state index in [0.29, 0.717) is 6.04 Å². The van der Waals surface area contributed by atoms with Crippen molar-refractivity contribution in [2.24, 2.45) is 4.99 Å². The summed E-state index contributed by atoms with van der Waals surface area (Å²) in [5.41, 5.74) is 0.990. The summed E-state index contributed by atoms with van der Waals surface area (Å²) in [6, 6.07) is 7.21. The summed E-state index contributed by atoms with van der Waals surface area (Å²) in [5, 5.41) is 6.68. The van der Waals surface area contributed by atoms with Gasteiger partial charge in [-0.05, 0) is 38.1 Å². The fourth-order valence-electron chi connectivity index (χ4n) is 2.87. The summed E-state index contributed by atoms with van der Waals surface area (Å²) >= 11 is 0. The van der Waals surface area contributed by atoms with Gasteiger partial charge in [-0.1, -0.05) is 12.1 Å². The lowest BCUT2D eigenvalue weighted by atomic mass is 10.1. The molecule has 1 fully saturated rings. The van der Waals surface area contributed by atoms with Crippen LogP contribution in [0, 0.1) is 5.82 Å². The molecule has 1 atom stereocenters. The Morgan fingerprint density at radius 2 is 1.96 bits per heavy atom. The van der Waals surface area contributed by atoms with Crippen LogP contribution in [0.1, 0.15) is 12.5 Å². The molecule has 1 aliphatic rings. The van der Waals surface area contributed by atoms with E-state index in [4.69, 9.17) is 0 Å². The molecule has 2 N–H and O–H groups in total. The molecule has 5 nitrogen and oxygen atoms in total. The van der Waals surface area contributed by atoms with Crippen molar-refractivity contribution < 1.29 is 4.39 Å². The van der Waals surface area contributed by atoms with Crippen LogP contribution in [0.15, 0.2) is 29.3 Å². The van der Waals surface area contributed by atoms with Crippen LogP contribution in [0.4, 0.5) is 4.39 Å². The zero-order valence-corrected chi connectivity index (χ0v) is 17.8. The van der Waals surface area contributed by atoms with E-state index in [1.807, 2.05) is 6.07 Å². The summed E-state index contributed by atoms with van der Waals surface area (Å²) in [7, 11) is 3.95. The van der Waals surface area contributed by atoms with Gasteiger partial charge in [-0.2, -0.15) is 0 Å². The third-order valence-electron chi connectivity index (χ3n) is 4.54. The van der Waals surface area contributed by atoms with E-state index in [0.717, 1.165) is 57.2 Å². The third-order valence-corrected chi connectivity index (χ3v) is 4.54. The van der Waals surface area contributed by atoms with Crippen molar-refractivity contribution in [3.05, 3.63) is 35.6 Å². The highest BCUT2D eigenvalue weighted by atomic mass is 127. The Morgan fingerprint density at radius 1 is 1.24 bits per heavy atom. The molecule has 1 aliphatic heterocycles. The summed E-state index contributed by atoms with van der Waals surface area (Å²) in [6.45, 7) is 8.33. The number of hydrogen-bond acceptors (Lipinski definition) is 3. The van der Waals surface area contributed by atoms with Crippen molar-refractivity contribution in [1.29, 1.82) is 0 Å². The highest BCUT2D eigenvalue weighted by molar-refractivity contribution is 14.0. The van der Waals surface area contributed by atoms with Crippen molar-refractivity contribution >= 4 is 29.9 Å². The summed E-state index contributed by atoms with van der Waals surface area (Å²) < 4.78 is 13.2. The number of piperazine rings is 1. The van der Waals surface area contributed by atoms with E-state index in [2.05, 4.69) is 39.4 Å². The van der Waals surface area contributed by atoms with Gasteiger partial charge in [0, 0.05) is 52.4 Å². The van der Waals surface area contributed by atoms with Crippen LogP contribution in [0.5, 0.6) is 0 Å². The monoisotopic (exact) mass is 463 g/mol. The first-order valence-electron chi connectivity index (χ1n) is 8.70. The SMILES string of the molecule is CN=C(NCCc1cccc(F)c1)NCC(C)N1CCN(C)CC1.I. The summed E-state index contributed by atoms with van der Waals surface area (Å²) in [5.74, 6) is 0.614. The standard InChI is InChI=1S/C18H30FN5.HI/c1-15(24-11-9-23(3)10-12-24)14-22-18(20-2)21-8-7-16-5-4-6-17(19)13-16;/h4-6,13,15H,7-12,14H2,1-3H3,(H2,20,21,22);1H. The van der Waals surface area contributed by atoms with Crippen LogP contribution < -0.4 is 10.6 Å². The normalized spacial score (nSPS) is 17.7. The van der Waals surface area contributed by atoms with Crippen LogP contribution in [-0.2, 0) is 6.42 Å². The molecular weight excluding hydrogens is 432 g/mol. The molecule has 1 saturated heterocycles. The minimum absolute atomic E-state index is 0. The van der Waals surface area contributed by atoms with E-state index in [9.17, 15) is 4.39 Å². The number of benzene rings is 1. The number of nitrogens with one attached hydrogen (secondary N) is 2. The average molecular weight is 463 g/mol. The Hall–Kier alpha value is -0.930. The summed E-state index contributed by atoms with van der Waals surface area (Å²) in [4.78, 5) is 9.13. The number of hydrogen-bond donors (Lipinski definition) is 2. The van der Waals surface area contributed by atoms with E-state index >= 15 is 0 Å². The predicted octanol–water partition coefficient (Wildman–Crippen LogP) is 1.79. The van der Waals surface area contributed by atoms with E-state index < -0.39 is 0 Å². The molecule has 0 aliphatic carbocycles. The van der Waals surface area contributed by atoms with Crippen LogP contribution in [0.3, 0.4) is 0 Å². The van der Waals surface area contributed by atoms with Crippen LogP contribution >= 0.6 is 24.0 Å². The Morgan fingerprint density at radius 3 is 2.60 bits per heavy atom. The molecule has 0 spiro atoms. The fourth-order valence-corrected chi connectivity index (χ4v) is 2.87. The zero-order chi connectivity index (χ0) is 17.4. The van der Waals surface area contributed by atoms with Gasteiger partial charge in [0.2, 0.25) is 0 Å². The molecule has 25 heavy (non-hydrogen) atoms. The lowest BCUT2D eigenvalue weighted by molar-refractivity contribution is 0.120. The quantitative estimate of drug-likeness (QED) is 0.384. The van der Waals surface area contributed by atoms with Gasteiger partial charge in [0.05, 0.1) is 0 Å². The molecule has 1 heterocycles. The van der Waals surface area contributed by atoms with E-state index in [1.165, 1.54) is 6.07 Å². The molecule has 0 bridgehead atoms. The van der Waals surface area contributed by atoms with Gasteiger partial charge in [-0.15, -0.1) is 24.0 Å². The first-order chi connectivity index (χ1) is 11.6. The first kappa shape index (κ1) is 22.1. The smallest absolute Gasteiger partial charge is 0.191 e. The minimum Gasteiger partial charge on any atom is -0.356 e. The Bertz CT molecular complexity index is 532. The zero-order valence-electron chi connectivity index (χ0n) is 15.5. The Labute approximate surface area is 168 Å². The van der Waals surface area contributed by atoms with Gasteiger partial charge >= 0.3 is 0 Å². The number of guanidine groups is 1. The molecule has 1 aromatic rings. The van der Waals surface area contributed by atoms with Gasteiger partial charge in [-0.3, -0.25) is 9.89 Å². The summed E-state index contributed by atoms with van der Waals surface area (Å²) in [6.07, 6.45) is 0.770. The maximum absolute atomic E-state index is 13.2. The second-order valence-corrected chi connectivity index (χ2v) is 6.45. The molecule has 0 aromatic heterocycles. The van der Waals surface area contributed by atoms with Crippen molar-refractivity contribution in [1.82, 2.24) is 20.4 Å². The third kappa shape index (κ3) is 7.87. The van der Waals surface area contributed by atoms with Crippen molar-refractivity contribution in [2.45, 2.75) is 19.4 Å². The Balaban J connectivity index is 0.00000312. The second-order valence-electron chi connectivity index (χ2n) is 6.45. The lowest BCUT2D eigenvalue weighted by Crippen LogP contribution is -2.52. The number of likely N-dealkylation sites (N-methyl/N-ethyl adjacent to an activating group) is 1. The van der Waals surface area contributed by atoms with Crippen LogP contribution in [0.25, 0.3) is 0 Å². The Kier molecular flexibility index (Phi) is 10.3. The molecule has 1 unspecified atom stereocenters. The van der Waals surface area contributed by atoms with Gasteiger partial charge in [0.1, 0.15) is 5.82 Å². The topological polar surface area (TPSA) is 42.9 Å². The highest BCUT2D eigenvalue weighted by Crippen LogP contribution is 2.04. The number of halogens is 2. The number of nitrogens with zero attached hydrogens (tertiary/aromatic N) is 3. The maximum Gasteiger partial charge on any atom is 0.191 e. The average Bonchev–Trinajstić information content (AvgIpc) is 2.58. The van der Waals surface area contributed by atoms with Crippen molar-refractivity contribution in [2.75, 3.05) is 53.4 Å². The molecule has 142 valence electrons. The lowest BCUT2D eigenvalue weighted by Gasteiger charge is -2.36. The molecule has 1 aromatic carbocycles. The van der Waals surface area contributed by atoms with Gasteiger partial charge in [0.25, 0.3) is 0 Å². The second kappa shape index (κ2) is 11.6. The molecule has 2 rings (SSSR count). The predicted molar refractivity (Wildman–Crippen MR) is 113 cm³/mol. The molecule has 0 amide bonds. The first-order valence-corrected chi connectivity index (χ1v) is 8.70. The number of rotatable bonds is 6. The van der Waals surface area contributed by atoms with Crippen LogP contribution in [0.2, 0.25) is 0 Å². The molecule has 0 saturated carbocycles. The van der Waals surface area contributed by atoms with Crippen molar-refractivity contribution in [3.8, 4) is 0 Å². The maximum atomic E-state index is 13.2. The van der Waals surface area contributed by atoms with Crippen LogP contribution in [-0.4, -0.2) is 75.2 Å². The van der Waals surface area contributed by atoms with E-state index in [1.54, 1.807) is 19.2 Å². The minimum atomic E-state index is -0.184. The number of aliphatic imine (C=N–C) groups is 1. The molecular formula is C18H31FIN5. The fraction of sp³-hybridized carbons (Fsp3) is 0.611. The van der Waals surface area contributed by atoms with E-state index in [-0.39, 0.29) is 29.8 Å². The largest absolute Gasteiger partial charge is 0.356 e. The van der Waals surface area contributed by atoms with Gasteiger partial charge in [-0.25, -0.2) is 4.39 Å². The highest BCUT2D eigenvalue weighted by Gasteiger charge is 2.18. The van der Waals surface area contributed by atoms with Gasteiger partial charge < -0.3 is 15.5 Å². The molecule has 0 radical (unpaired) electrons. The van der Waals surface area contributed by atoms with Crippen molar-refractivity contribution in [3.63, 3.8) is 0 Å². The molecule has 7 heteroatoms.